The fourth-order valence-corrected chi connectivity index (χ4v) is 1.32. The minimum absolute atomic E-state index is 0.274. The molecule has 1 saturated heterocycles. The minimum Gasteiger partial charge on any atom is -0.381 e. The predicted octanol–water partition coefficient (Wildman–Crippen LogP) is 13.3. The Morgan fingerprint density at radius 2 is 1.26 bits per heavy atom. The fourth-order valence-electron chi connectivity index (χ4n) is 1.32. The molecule has 0 saturated carbocycles. The van der Waals surface area contributed by atoms with Gasteiger partial charge in [0.25, 0.3) is 0 Å². The highest BCUT2D eigenvalue weighted by Gasteiger charge is 2.23. The molecule has 0 spiro atoms. The summed E-state index contributed by atoms with van der Waals surface area (Å²) in [5.41, 5.74) is 1.26. The van der Waals surface area contributed by atoms with E-state index in [9.17, 15) is 22.0 Å². The average molecular weight is 611 g/mol. The van der Waals surface area contributed by atoms with E-state index < -0.39 is 19.3 Å². The molecular formula is C36H67F5O. The molecule has 42 heavy (non-hydrogen) atoms. The lowest BCUT2D eigenvalue weighted by Gasteiger charge is -2.09. The molecule has 0 bridgehead atoms. The summed E-state index contributed by atoms with van der Waals surface area (Å²) < 4.78 is 59.7. The Kier molecular flexibility index (Phi) is 64.3. The van der Waals surface area contributed by atoms with Crippen molar-refractivity contribution in [3.8, 4) is 0 Å². The van der Waals surface area contributed by atoms with Crippen LogP contribution in [0, 0.1) is 23.7 Å². The van der Waals surface area contributed by atoms with Crippen LogP contribution >= 0.6 is 0 Å². The number of alkyl halides is 5. The highest BCUT2D eigenvalue weighted by molar-refractivity contribution is 4.90. The highest BCUT2D eigenvalue weighted by Crippen LogP contribution is 2.20. The van der Waals surface area contributed by atoms with Gasteiger partial charge in [0, 0.05) is 13.2 Å². The Hall–Kier alpha value is -2.21. The standard InChI is InChI=1S/C7H14O.C6H12.C5H10.C4H5F3.C4H7F.C4H8.C3H5F.C3H6/c1-6(2)7-3-4-8-5-7;1-5(2)6(3)4;1-4-5(2)3;1-2-3-4(5,6)7;1-2-3-4-5;1-3-4-2;1-2-3-4;1-3-2/h6-7H,3-5H2,1-2H3;6H,1H2,2-4H3;4-5H,1H2,2-3H3;2H,1,3H2;2H,1,3-4H2;3H,1,4H2,2H3;2H,1,3H2;3H,1H2,2H3. The van der Waals surface area contributed by atoms with Crippen LogP contribution in [0.25, 0.3) is 0 Å². The van der Waals surface area contributed by atoms with Crippen molar-refractivity contribution in [2.24, 2.45) is 23.7 Å². The number of rotatable bonds is 8. The van der Waals surface area contributed by atoms with Gasteiger partial charge in [-0.2, -0.15) is 13.2 Å². The zero-order chi connectivity index (χ0) is 35.0. The summed E-state index contributed by atoms with van der Waals surface area (Å²) >= 11 is 0. The first-order valence-electron chi connectivity index (χ1n) is 14.5. The van der Waals surface area contributed by atoms with Gasteiger partial charge in [0.1, 0.15) is 6.67 Å². The molecule has 1 nitrogen and oxygen atoms in total. The normalized spacial score (nSPS) is 12.3. The minimum atomic E-state index is -4.07. The first-order valence-corrected chi connectivity index (χ1v) is 14.5. The third kappa shape index (κ3) is 98.5. The van der Waals surface area contributed by atoms with Crippen molar-refractivity contribution in [3.63, 3.8) is 0 Å². The number of hydrogen-bond acceptors (Lipinski definition) is 1. The molecule has 0 aromatic heterocycles. The van der Waals surface area contributed by atoms with Gasteiger partial charge in [0.05, 0.1) is 13.1 Å². The molecule has 0 aliphatic carbocycles. The van der Waals surface area contributed by atoms with Gasteiger partial charge in [-0.1, -0.05) is 97.1 Å². The monoisotopic (exact) mass is 611 g/mol. The smallest absolute Gasteiger partial charge is 0.381 e. The van der Waals surface area contributed by atoms with Gasteiger partial charge >= 0.3 is 6.18 Å². The van der Waals surface area contributed by atoms with Gasteiger partial charge < -0.3 is 4.74 Å². The zero-order valence-corrected chi connectivity index (χ0v) is 28.7. The van der Waals surface area contributed by atoms with Gasteiger partial charge in [0.15, 0.2) is 0 Å². The second-order valence-electron chi connectivity index (χ2n) is 9.77. The average Bonchev–Trinajstić information content (AvgIpc) is 3.46. The molecular weight excluding hydrogens is 543 g/mol. The molecule has 252 valence electrons. The molecule has 1 aliphatic heterocycles. The molecule has 1 heterocycles. The second kappa shape index (κ2) is 48.5. The molecule has 0 amide bonds. The van der Waals surface area contributed by atoms with Crippen LogP contribution in [-0.4, -0.2) is 32.7 Å². The van der Waals surface area contributed by atoms with Crippen molar-refractivity contribution in [2.45, 2.75) is 94.2 Å². The maximum atomic E-state index is 11.0. The molecule has 1 atom stereocenters. The van der Waals surface area contributed by atoms with Crippen molar-refractivity contribution in [1.29, 1.82) is 0 Å². The summed E-state index contributed by atoms with van der Waals surface area (Å²) in [6.07, 6.45) is 7.02. The van der Waals surface area contributed by atoms with Gasteiger partial charge in [-0.15, -0.1) is 39.5 Å². The van der Waals surface area contributed by atoms with Crippen molar-refractivity contribution < 1.29 is 26.7 Å². The van der Waals surface area contributed by atoms with Crippen LogP contribution in [0.5, 0.6) is 0 Å². The molecule has 0 aromatic carbocycles. The lowest BCUT2D eigenvalue weighted by atomic mass is 9.96. The molecule has 0 aromatic rings. The van der Waals surface area contributed by atoms with Crippen LogP contribution in [0.1, 0.15) is 88.0 Å². The SMILES string of the molecule is C=C(C)C(C)C.C=CC.C=CC(C)C.C=CCC.C=CCC(F)(F)F.C=CCCF.C=CCF.CC(C)C1CCOC1. The molecule has 1 fully saturated rings. The number of allylic oxidation sites excluding steroid dienone is 7. The molecule has 1 rings (SSSR count). The van der Waals surface area contributed by atoms with E-state index in [1.54, 1.807) is 12.2 Å². The van der Waals surface area contributed by atoms with E-state index in [1.165, 1.54) is 18.1 Å². The van der Waals surface area contributed by atoms with E-state index in [2.05, 4.69) is 94.5 Å². The van der Waals surface area contributed by atoms with E-state index in [-0.39, 0.29) is 6.67 Å². The quantitative estimate of drug-likeness (QED) is 0.196. The van der Waals surface area contributed by atoms with E-state index in [1.807, 2.05) is 26.0 Å². The summed E-state index contributed by atoms with van der Waals surface area (Å²) in [6.45, 7) is 43.8. The molecule has 1 unspecified atom stereocenters. The summed E-state index contributed by atoms with van der Waals surface area (Å²) in [4.78, 5) is 0. The first kappa shape index (κ1) is 55.7. The summed E-state index contributed by atoms with van der Waals surface area (Å²) in [5, 5.41) is 0. The Labute approximate surface area is 259 Å². The highest BCUT2D eigenvalue weighted by atomic mass is 19.4. The van der Waals surface area contributed by atoms with Crippen LogP contribution < -0.4 is 0 Å². The van der Waals surface area contributed by atoms with Crippen molar-refractivity contribution in [1.82, 2.24) is 0 Å². The fraction of sp³-hybridized carbons (Fsp3) is 0.611. The van der Waals surface area contributed by atoms with Crippen molar-refractivity contribution in [2.75, 3.05) is 26.6 Å². The van der Waals surface area contributed by atoms with Crippen LogP contribution in [0.2, 0.25) is 0 Å². The van der Waals surface area contributed by atoms with Gasteiger partial charge in [-0.05, 0) is 56.8 Å². The number of ether oxygens (including phenoxy) is 1. The first-order chi connectivity index (χ1) is 19.4. The predicted molar refractivity (Wildman–Crippen MR) is 183 cm³/mol. The van der Waals surface area contributed by atoms with Crippen LogP contribution in [-0.2, 0) is 4.74 Å². The summed E-state index contributed by atoms with van der Waals surface area (Å²) in [5.74, 6) is 2.97. The summed E-state index contributed by atoms with van der Waals surface area (Å²) in [7, 11) is 0. The maximum absolute atomic E-state index is 11.0. The van der Waals surface area contributed by atoms with Crippen LogP contribution in [0.15, 0.2) is 88.1 Å². The molecule has 0 N–H and O–H groups in total. The second-order valence-corrected chi connectivity index (χ2v) is 9.77. The number of halogens is 5. The third-order valence-electron chi connectivity index (χ3n) is 4.45. The van der Waals surface area contributed by atoms with Crippen molar-refractivity contribution in [3.05, 3.63) is 88.1 Å². The van der Waals surface area contributed by atoms with Crippen molar-refractivity contribution >= 4 is 0 Å². The Balaban J connectivity index is -0.0000000680. The zero-order valence-electron chi connectivity index (χ0n) is 28.7. The van der Waals surface area contributed by atoms with Crippen LogP contribution in [0.4, 0.5) is 22.0 Å². The maximum Gasteiger partial charge on any atom is 0.392 e. The lowest BCUT2D eigenvalue weighted by Crippen LogP contribution is -2.06. The Morgan fingerprint density at radius 1 is 0.881 bits per heavy atom. The topological polar surface area (TPSA) is 9.23 Å². The Morgan fingerprint density at radius 3 is 1.31 bits per heavy atom. The molecule has 0 radical (unpaired) electrons. The van der Waals surface area contributed by atoms with Gasteiger partial charge in [-0.3, -0.25) is 4.39 Å². The lowest BCUT2D eigenvalue weighted by molar-refractivity contribution is -0.124. The Bertz CT molecular complexity index is 562. The van der Waals surface area contributed by atoms with Crippen LogP contribution in [0.3, 0.4) is 0 Å². The molecule has 1 aliphatic rings. The third-order valence-corrected chi connectivity index (χ3v) is 4.45. The van der Waals surface area contributed by atoms with E-state index in [0.717, 1.165) is 37.5 Å². The van der Waals surface area contributed by atoms with E-state index in [0.29, 0.717) is 18.3 Å². The summed E-state index contributed by atoms with van der Waals surface area (Å²) in [6, 6.07) is 0. The van der Waals surface area contributed by atoms with Gasteiger partial charge in [0.2, 0.25) is 0 Å². The van der Waals surface area contributed by atoms with Gasteiger partial charge in [-0.25, -0.2) is 4.39 Å². The number of hydrogen-bond donors (Lipinski definition) is 0. The largest absolute Gasteiger partial charge is 0.392 e. The molecule has 6 heteroatoms. The van der Waals surface area contributed by atoms with E-state index >= 15 is 0 Å². The van der Waals surface area contributed by atoms with E-state index in [4.69, 9.17) is 4.74 Å².